The van der Waals surface area contributed by atoms with Gasteiger partial charge in [-0.15, -0.1) is 0 Å². The van der Waals surface area contributed by atoms with Gasteiger partial charge in [-0.1, -0.05) is 23.5 Å². The third kappa shape index (κ3) is 3.16. The Balaban J connectivity index is 1.61. The fraction of sp³-hybridized carbons (Fsp3) is 0.467. The molecule has 0 radical (unpaired) electrons. The van der Waals surface area contributed by atoms with Crippen LogP contribution >= 0.6 is 11.3 Å². The number of para-hydroxylation sites is 1. The molecule has 1 saturated heterocycles. The summed E-state index contributed by atoms with van der Waals surface area (Å²) in [7, 11) is 0. The lowest BCUT2D eigenvalue weighted by molar-refractivity contribution is -0.122. The molecule has 0 aliphatic carbocycles. The number of nitrogens with zero attached hydrogens (tertiary/aromatic N) is 2. The van der Waals surface area contributed by atoms with Crippen LogP contribution in [0.3, 0.4) is 0 Å². The van der Waals surface area contributed by atoms with Crippen LogP contribution in [0.25, 0.3) is 10.2 Å². The lowest BCUT2D eigenvalue weighted by atomic mass is 10.1. The zero-order valence-corrected chi connectivity index (χ0v) is 12.9. The molecule has 1 amide bonds. The number of rotatable bonds is 3. The summed E-state index contributed by atoms with van der Waals surface area (Å²) < 4.78 is 1.22. The molecule has 1 fully saturated rings. The Morgan fingerprint density at radius 2 is 2.14 bits per heavy atom. The minimum Gasteiger partial charge on any atom is -0.352 e. The molecule has 2 aromatic rings. The predicted octanol–water partition coefficient (Wildman–Crippen LogP) is 1.73. The molecule has 5 nitrogen and oxygen atoms in total. The largest absolute Gasteiger partial charge is 0.352 e. The van der Waals surface area contributed by atoms with E-state index in [2.05, 4.69) is 21.3 Å². The van der Waals surface area contributed by atoms with Crippen molar-refractivity contribution in [2.45, 2.75) is 31.8 Å². The van der Waals surface area contributed by atoms with E-state index in [1.165, 1.54) is 4.70 Å². The highest BCUT2D eigenvalue weighted by molar-refractivity contribution is 7.22. The number of piperidine rings is 1. The van der Waals surface area contributed by atoms with Gasteiger partial charge in [-0.3, -0.25) is 4.79 Å². The summed E-state index contributed by atoms with van der Waals surface area (Å²) in [5, 5.41) is 4.09. The van der Waals surface area contributed by atoms with Gasteiger partial charge < -0.3 is 16.0 Å². The number of carbonyl (C=O) groups excluding carboxylic acids is 1. The summed E-state index contributed by atoms with van der Waals surface area (Å²) in [4.78, 5) is 18.6. The van der Waals surface area contributed by atoms with Crippen molar-refractivity contribution < 1.29 is 4.79 Å². The molecule has 0 spiro atoms. The zero-order valence-electron chi connectivity index (χ0n) is 12.1. The Hall–Kier alpha value is -1.66. The molecule has 0 bridgehead atoms. The summed E-state index contributed by atoms with van der Waals surface area (Å²) in [6, 6.07) is 8.00. The number of amides is 1. The summed E-state index contributed by atoms with van der Waals surface area (Å²) in [5.74, 6) is -0.0616. The first-order chi connectivity index (χ1) is 10.1. The quantitative estimate of drug-likeness (QED) is 0.906. The number of hydrogen-bond acceptors (Lipinski definition) is 5. The van der Waals surface area contributed by atoms with Crippen molar-refractivity contribution >= 4 is 32.6 Å². The van der Waals surface area contributed by atoms with Crippen molar-refractivity contribution in [2.75, 3.05) is 18.0 Å². The number of nitrogens with two attached hydrogens (primary N) is 1. The number of aromatic nitrogens is 1. The van der Waals surface area contributed by atoms with E-state index in [9.17, 15) is 4.79 Å². The van der Waals surface area contributed by atoms with Crippen molar-refractivity contribution in [3.63, 3.8) is 0 Å². The van der Waals surface area contributed by atoms with E-state index >= 15 is 0 Å². The Bertz CT molecular complexity index is 598. The lowest BCUT2D eigenvalue weighted by Gasteiger charge is -2.32. The second kappa shape index (κ2) is 5.99. The molecule has 3 N–H and O–H groups in total. The highest BCUT2D eigenvalue weighted by Gasteiger charge is 2.23. The third-order valence-electron chi connectivity index (χ3n) is 3.81. The fourth-order valence-corrected chi connectivity index (χ4v) is 3.56. The van der Waals surface area contributed by atoms with Crippen LogP contribution in [0.4, 0.5) is 5.13 Å². The molecule has 112 valence electrons. The average molecular weight is 304 g/mol. The fourth-order valence-electron chi connectivity index (χ4n) is 2.54. The Morgan fingerprint density at radius 1 is 1.43 bits per heavy atom. The molecule has 0 unspecified atom stereocenters. The van der Waals surface area contributed by atoms with Gasteiger partial charge in [-0.05, 0) is 31.9 Å². The zero-order chi connectivity index (χ0) is 14.8. The summed E-state index contributed by atoms with van der Waals surface area (Å²) >= 11 is 1.73. The van der Waals surface area contributed by atoms with E-state index in [-0.39, 0.29) is 11.9 Å². The second-order valence-electron chi connectivity index (χ2n) is 5.52. The van der Waals surface area contributed by atoms with Gasteiger partial charge in [0.05, 0.1) is 16.3 Å². The number of anilines is 1. The molecule has 1 aliphatic heterocycles. The van der Waals surface area contributed by atoms with Crippen LogP contribution in [0.2, 0.25) is 0 Å². The number of thiazole rings is 1. The van der Waals surface area contributed by atoms with E-state index < -0.39 is 6.04 Å². The maximum atomic E-state index is 11.6. The third-order valence-corrected chi connectivity index (χ3v) is 4.91. The van der Waals surface area contributed by atoms with E-state index in [0.717, 1.165) is 36.6 Å². The van der Waals surface area contributed by atoms with Gasteiger partial charge in [0.15, 0.2) is 5.13 Å². The van der Waals surface area contributed by atoms with Gasteiger partial charge in [-0.2, -0.15) is 0 Å². The molecule has 1 atom stereocenters. The maximum absolute atomic E-state index is 11.6. The second-order valence-corrected chi connectivity index (χ2v) is 6.53. The number of fused-ring (bicyclic) bond motifs is 1. The lowest BCUT2D eigenvalue weighted by Crippen LogP contribution is -2.48. The van der Waals surface area contributed by atoms with Crippen LogP contribution in [-0.2, 0) is 4.79 Å². The van der Waals surface area contributed by atoms with Crippen LogP contribution in [0, 0.1) is 0 Å². The van der Waals surface area contributed by atoms with Crippen LogP contribution in [0.15, 0.2) is 24.3 Å². The van der Waals surface area contributed by atoms with Crippen LogP contribution < -0.4 is 16.0 Å². The van der Waals surface area contributed by atoms with E-state index in [0.29, 0.717) is 0 Å². The monoisotopic (exact) mass is 304 g/mol. The van der Waals surface area contributed by atoms with Crippen LogP contribution in [0.1, 0.15) is 19.8 Å². The van der Waals surface area contributed by atoms with Gasteiger partial charge in [0, 0.05) is 19.1 Å². The minimum absolute atomic E-state index is 0.0616. The normalized spacial score (nSPS) is 17.9. The van der Waals surface area contributed by atoms with Crippen LogP contribution in [0.5, 0.6) is 0 Å². The highest BCUT2D eigenvalue weighted by Crippen LogP contribution is 2.30. The average Bonchev–Trinajstić information content (AvgIpc) is 2.91. The molecule has 6 heteroatoms. The Morgan fingerprint density at radius 3 is 2.81 bits per heavy atom. The summed E-state index contributed by atoms with van der Waals surface area (Å²) in [5.41, 5.74) is 6.64. The first-order valence-corrected chi connectivity index (χ1v) is 8.11. The molecule has 1 aliphatic rings. The van der Waals surface area contributed by atoms with Crippen LogP contribution in [-0.4, -0.2) is 36.1 Å². The highest BCUT2D eigenvalue weighted by atomic mass is 32.1. The van der Waals surface area contributed by atoms with E-state index in [1.807, 2.05) is 18.2 Å². The first kappa shape index (κ1) is 14.3. The van der Waals surface area contributed by atoms with E-state index in [4.69, 9.17) is 5.73 Å². The maximum Gasteiger partial charge on any atom is 0.236 e. The minimum atomic E-state index is -0.438. The standard InChI is InChI=1S/C15H20N4OS/c1-10(16)14(20)17-11-6-8-19(9-7-11)15-18-12-4-2-3-5-13(12)21-15/h2-5,10-11H,6-9,16H2,1H3,(H,17,20)/t10-/m1/s1. The van der Waals surface area contributed by atoms with E-state index in [1.54, 1.807) is 18.3 Å². The summed E-state index contributed by atoms with van der Waals surface area (Å²) in [6.07, 6.45) is 1.88. The molecule has 21 heavy (non-hydrogen) atoms. The van der Waals surface area contributed by atoms with Gasteiger partial charge in [0.1, 0.15) is 0 Å². The smallest absolute Gasteiger partial charge is 0.236 e. The van der Waals surface area contributed by atoms with Gasteiger partial charge >= 0.3 is 0 Å². The van der Waals surface area contributed by atoms with Gasteiger partial charge in [0.2, 0.25) is 5.91 Å². The molecular formula is C15H20N4OS. The molecule has 2 heterocycles. The first-order valence-electron chi connectivity index (χ1n) is 7.30. The van der Waals surface area contributed by atoms with Gasteiger partial charge in [-0.25, -0.2) is 4.98 Å². The number of carbonyl (C=O) groups is 1. The Kier molecular flexibility index (Phi) is 4.07. The number of hydrogen-bond donors (Lipinski definition) is 2. The van der Waals surface area contributed by atoms with Crippen molar-refractivity contribution in [1.82, 2.24) is 10.3 Å². The van der Waals surface area contributed by atoms with Crippen molar-refractivity contribution in [1.29, 1.82) is 0 Å². The number of benzene rings is 1. The van der Waals surface area contributed by atoms with Crippen molar-refractivity contribution in [3.8, 4) is 0 Å². The molecular weight excluding hydrogens is 284 g/mol. The number of nitrogens with one attached hydrogen (secondary N) is 1. The molecule has 1 aromatic carbocycles. The van der Waals surface area contributed by atoms with Gasteiger partial charge in [0.25, 0.3) is 0 Å². The SMILES string of the molecule is C[C@@H](N)C(=O)NC1CCN(c2nc3ccccc3s2)CC1. The molecule has 1 aromatic heterocycles. The molecule has 0 saturated carbocycles. The molecule has 3 rings (SSSR count). The summed E-state index contributed by atoms with van der Waals surface area (Å²) in [6.45, 7) is 3.55. The predicted molar refractivity (Wildman–Crippen MR) is 86.6 cm³/mol. The van der Waals surface area contributed by atoms with Crippen molar-refractivity contribution in [3.05, 3.63) is 24.3 Å². The Labute approximate surface area is 128 Å². The topological polar surface area (TPSA) is 71.2 Å². The van der Waals surface area contributed by atoms with Crippen molar-refractivity contribution in [2.24, 2.45) is 5.73 Å².